The van der Waals surface area contributed by atoms with Crippen LogP contribution in [0.5, 0.6) is 0 Å². The Kier molecular flexibility index (Phi) is 7.29. The number of hydrogen-bond donors (Lipinski definition) is 0. The number of hydrogen-bond acceptors (Lipinski definition) is 2. The number of carbonyl (C=O) groups excluding carboxylic acids is 2. The van der Waals surface area contributed by atoms with Crippen molar-refractivity contribution < 1.29 is 9.59 Å². The molecule has 0 spiro atoms. The van der Waals surface area contributed by atoms with Gasteiger partial charge in [0, 0.05) is 38.5 Å². The van der Waals surface area contributed by atoms with E-state index in [0.29, 0.717) is 32.5 Å². The molecule has 0 unspecified atom stereocenters. The molecule has 0 radical (unpaired) electrons. The van der Waals surface area contributed by atoms with Crippen molar-refractivity contribution in [2.24, 2.45) is 0 Å². The summed E-state index contributed by atoms with van der Waals surface area (Å²) in [5.41, 5.74) is 1.15. The monoisotopic (exact) mass is 330 g/mol. The highest BCUT2D eigenvalue weighted by Crippen LogP contribution is 2.18. The minimum Gasteiger partial charge on any atom is -0.340 e. The Morgan fingerprint density at radius 1 is 1.17 bits per heavy atom. The third-order valence-electron chi connectivity index (χ3n) is 4.80. The first kappa shape index (κ1) is 18.5. The van der Waals surface area contributed by atoms with Crippen LogP contribution in [-0.2, 0) is 16.1 Å². The van der Waals surface area contributed by atoms with Crippen molar-refractivity contribution in [3.8, 4) is 0 Å². The van der Waals surface area contributed by atoms with Gasteiger partial charge in [0.2, 0.25) is 11.8 Å². The summed E-state index contributed by atoms with van der Waals surface area (Å²) < 4.78 is 0. The van der Waals surface area contributed by atoms with Gasteiger partial charge in [0.1, 0.15) is 0 Å². The third kappa shape index (κ3) is 5.08. The fraction of sp³-hybridized carbons (Fsp3) is 0.600. The molecule has 1 aromatic rings. The van der Waals surface area contributed by atoms with Crippen LogP contribution in [0.2, 0.25) is 0 Å². The Morgan fingerprint density at radius 2 is 1.92 bits per heavy atom. The minimum atomic E-state index is 0.107. The number of benzene rings is 1. The van der Waals surface area contributed by atoms with E-state index < -0.39 is 0 Å². The van der Waals surface area contributed by atoms with Gasteiger partial charge in [-0.2, -0.15) is 0 Å². The van der Waals surface area contributed by atoms with Gasteiger partial charge in [0.15, 0.2) is 0 Å². The molecule has 1 saturated heterocycles. The van der Waals surface area contributed by atoms with Crippen LogP contribution >= 0.6 is 0 Å². The van der Waals surface area contributed by atoms with Crippen molar-refractivity contribution in [3.05, 3.63) is 35.9 Å². The second kappa shape index (κ2) is 9.45. The summed E-state index contributed by atoms with van der Waals surface area (Å²) in [6.07, 6.45) is 5.08. The molecule has 0 saturated carbocycles. The second-order valence-corrected chi connectivity index (χ2v) is 6.62. The van der Waals surface area contributed by atoms with Crippen LogP contribution < -0.4 is 0 Å². The van der Waals surface area contributed by atoms with Crippen LogP contribution in [0.1, 0.15) is 57.9 Å². The van der Waals surface area contributed by atoms with Crippen LogP contribution in [0.25, 0.3) is 0 Å². The van der Waals surface area contributed by atoms with Gasteiger partial charge < -0.3 is 9.80 Å². The molecule has 0 aromatic heterocycles. The predicted octanol–water partition coefficient (Wildman–Crippen LogP) is 3.61. The Balaban J connectivity index is 2.03. The maximum absolute atomic E-state index is 12.6. The second-order valence-electron chi connectivity index (χ2n) is 6.62. The molecule has 4 heteroatoms. The Labute approximate surface area is 145 Å². The molecule has 1 atom stereocenters. The number of nitrogens with zero attached hydrogens (tertiary/aromatic N) is 2. The predicted molar refractivity (Wildman–Crippen MR) is 96.4 cm³/mol. The van der Waals surface area contributed by atoms with E-state index in [0.717, 1.165) is 31.2 Å². The molecule has 1 aliphatic heterocycles. The lowest BCUT2D eigenvalue weighted by Crippen LogP contribution is -2.43. The average Bonchev–Trinajstić information content (AvgIpc) is 2.76. The molecule has 1 fully saturated rings. The molecule has 4 nitrogen and oxygen atoms in total. The highest BCUT2D eigenvalue weighted by Gasteiger charge is 2.30. The van der Waals surface area contributed by atoms with Gasteiger partial charge in [0.05, 0.1) is 0 Å². The van der Waals surface area contributed by atoms with Gasteiger partial charge >= 0.3 is 0 Å². The van der Waals surface area contributed by atoms with Crippen molar-refractivity contribution in [1.29, 1.82) is 0 Å². The van der Waals surface area contributed by atoms with E-state index in [1.54, 1.807) is 0 Å². The lowest BCUT2D eigenvalue weighted by atomic mass is 10.1. The topological polar surface area (TPSA) is 40.6 Å². The molecule has 2 amide bonds. The smallest absolute Gasteiger partial charge is 0.224 e. The number of carbonyl (C=O) groups is 2. The van der Waals surface area contributed by atoms with Crippen molar-refractivity contribution in [1.82, 2.24) is 9.80 Å². The Morgan fingerprint density at radius 3 is 2.58 bits per heavy atom. The Bertz CT molecular complexity index is 530. The molecule has 1 heterocycles. The first-order chi connectivity index (χ1) is 11.7. The fourth-order valence-electron chi connectivity index (χ4n) is 3.28. The van der Waals surface area contributed by atoms with E-state index in [-0.39, 0.29) is 17.9 Å². The van der Waals surface area contributed by atoms with E-state index in [1.807, 2.05) is 28.0 Å². The van der Waals surface area contributed by atoms with E-state index in [9.17, 15) is 9.59 Å². The lowest BCUT2D eigenvalue weighted by molar-refractivity contribution is -0.133. The van der Waals surface area contributed by atoms with E-state index in [2.05, 4.69) is 26.0 Å². The first-order valence-electron chi connectivity index (χ1n) is 9.26. The molecule has 1 aromatic carbocycles. The summed E-state index contributed by atoms with van der Waals surface area (Å²) in [4.78, 5) is 28.9. The molecule has 24 heavy (non-hydrogen) atoms. The van der Waals surface area contributed by atoms with Gasteiger partial charge in [-0.15, -0.1) is 0 Å². The van der Waals surface area contributed by atoms with E-state index in [4.69, 9.17) is 0 Å². The van der Waals surface area contributed by atoms with Gasteiger partial charge in [-0.05, 0) is 18.4 Å². The average molecular weight is 330 g/mol. The van der Waals surface area contributed by atoms with Gasteiger partial charge in [-0.1, -0.05) is 57.0 Å². The summed E-state index contributed by atoms with van der Waals surface area (Å²) in [5, 5.41) is 0. The molecule has 1 aliphatic rings. The normalized spacial score (nSPS) is 18.6. The van der Waals surface area contributed by atoms with Crippen molar-refractivity contribution in [2.45, 2.75) is 65.0 Å². The number of rotatable bonds is 7. The highest BCUT2D eigenvalue weighted by atomic mass is 16.2. The van der Waals surface area contributed by atoms with Crippen LogP contribution in [0.15, 0.2) is 30.3 Å². The molecule has 0 bridgehead atoms. The van der Waals surface area contributed by atoms with Crippen LogP contribution in [0.3, 0.4) is 0 Å². The molecular weight excluding hydrogens is 300 g/mol. The minimum absolute atomic E-state index is 0.107. The summed E-state index contributed by atoms with van der Waals surface area (Å²) >= 11 is 0. The maximum Gasteiger partial charge on any atom is 0.224 e. The molecule has 132 valence electrons. The maximum atomic E-state index is 12.6. The Hall–Kier alpha value is -1.84. The summed E-state index contributed by atoms with van der Waals surface area (Å²) in [6, 6.07) is 10.2. The molecule has 2 rings (SSSR count). The van der Waals surface area contributed by atoms with Crippen LogP contribution in [0.4, 0.5) is 0 Å². The molecule has 0 N–H and O–H groups in total. The largest absolute Gasteiger partial charge is 0.340 e. The third-order valence-corrected chi connectivity index (χ3v) is 4.80. The zero-order valence-corrected chi connectivity index (χ0v) is 15.0. The standard InChI is InChI=1S/C20H30N2O2/c1-3-5-7-12-19(23)21-14-13-20(24)22(18(4-2)16-21)15-17-10-8-6-9-11-17/h6,8-11,18H,3-5,7,12-16H2,1-2H3/t18-/m0/s1. The zero-order chi connectivity index (χ0) is 17.4. The van der Waals surface area contributed by atoms with Gasteiger partial charge in [-0.25, -0.2) is 0 Å². The summed E-state index contributed by atoms with van der Waals surface area (Å²) in [7, 11) is 0. The summed E-state index contributed by atoms with van der Waals surface area (Å²) in [5.74, 6) is 0.367. The highest BCUT2D eigenvalue weighted by molar-refractivity contribution is 5.80. The van der Waals surface area contributed by atoms with Crippen LogP contribution in [-0.4, -0.2) is 40.7 Å². The SMILES string of the molecule is CCCCCC(=O)N1CCC(=O)N(Cc2ccccc2)[C@@H](CC)C1. The fourth-order valence-corrected chi connectivity index (χ4v) is 3.28. The summed E-state index contributed by atoms with van der Waals surface area (Å²) in [6.45, 7) is 6.10. The van der Waals surface area contributed by atoms with Gasteiger partial charge in [-0.3, -0.25) is 9.59 Å². The zero-order valence-electron chi connectivity index (χ0n) is 15.0. The first-order valence-corrected chi connectivity index (χ1v) is 9.26. The quantitative estimate of drug-likeness (QED) is 0.717. The van der Waals surface area contributed by atoms with Crippen LogP contribution in [0, 0.1) is 0 Å². The molecular formula is C20H30N2O2. The number of unbranched alkanes of at least 4 members (excludes halogenated alkanes) is 2. The van der Waals surface area contributed by atoms with Crippen molar-refractivity contribution in [3.63, 3.8) is 0 Å². The van der Waals surface area contributed by atoms with Gasteiger partial charge in [0.25, 0.3) is 0 Å². The van der Waals surface area contributed by atoms with Crippen molar-refractivity contribution >= 4 is 11.8 Å². The van der Waals surface area contributed by atoms with E-state index >= 15 is 0 Å². The number of amides is 2. The van der Waals surface area contributed by atoms with E-state index in [1.165, 1.54) is 0 Å². The molecule has 0 aliphatic carbocycles. The van der Waals surface area contributed by atoms with Crippen molar-refractivity contribution in [2.75, 3.05) is 13.1 Å². The lowest BCUT2D eigenvalue weighted by Gasteiger charge is -2.31.